The molecule has 1 atom stereocenters. The number of ether oxygens (including phenoxy) is 1. The molecule has 0 spiro atoms. The van der Waals surface area contributed by atoms with Crippen molar-refractivity contribution in [1.29, 1.82) is 0 Å². The first-order chi connectivity index (χ1) is 8.25. The minimum atomic E-state index is -0.117. The second kappa shape index (κ2) is 6.36. The number of carbonyl (C=O) groups is 1. The van der Waals surface area contributed by atoms with E-state index in [0.29, 0.717) is 12.5 Å². The summed E-state index contributed by atoms with van der Waals surface area (Å²) in [4.78, 5) is 11.9. The van der Waals surface area contributed by atoms with E-state index in [1.807, 2.05) is 0 Å². The summed E-state index contributed by atoms with van der Waals surface area (Å²) in [5.74, 6) is 0.751. The van der Waals surface area contributed by atoms with Crippen molar-refractivity contribution in [3.8, 4) is 0 Å². The van der Waals surface area contributed by atoms with Crippen molar-refractivity contribution in [1.82, 2.24) is 5.32 Å². The van der Waals surface area contributed by atoms with Crippen LogP contribution in [0.25, 0.3) is 0 Å². The van der Waals surface area contributed by atoms with Crippen LogP contribution in [0.4, 0.5) is 0 Å². The summed E-state index contributed by atoms with van der Waals surface area (Å²) in [7, 11) is 0. The summed E-state index contributed by atoms with van der Waals surface area (Å²) >= 11 is 0. The highest BCUT2D eigenvalue weighted by Crippen LogP contribution is 2.23. The fourth-order valence-electron chi connectivity index (χ4n) is 2.69. The Bertz CT molecular complexity index is 243. The maximum absolute atomic E-state index is 11.9. The minimum Gasteiger partial charge on any atom is -0.393 e. The van der Waals surface area contributed by atoms with Crippen LogP contribution in [0.5, 0.6) is 0 Å². The summed E-state index contributed by atoms with van der Waals surface area (Å²) in [6, 6.07) is 0. The predicted octanol–water partition coefficient (Wildman–Crippen LogP) is 1.08. The molecule has 2 rings (SSSR count). The van der Waals surface area contributed by atoms with Gasteiger partial charge in [-0.3, -0.25) is 4.79 Å². The molecule has 1 amide bonds. The molecule has 1 aliphatic carbocycles. The van der Waals surface area contributed by atoms with Gasteiger partial charge >= 0.3 is 0 Å². The molecule has 17 heavy (non-hydrogen) atoms. The monoisotopic (exact) mass is 241 g/mol. The molecule has 98 valence electrons. The molecule has 4 nitrogen and oxygen atoms in total. The first kappa shape index (κ1) is 12.8. The van der Waals surface area contributed by atoms with E-state index in [9.17, 15) is 9.90 Å². The molecular weight excluding hydrogens is 218 g/mol. The molecule has 0 radical (unpaired) electrons. The molecule has 0 bridgehead atoms. The van der Waals surface area contributed by atoms with Crippen LogP contribution >= 0.6 is 0 Å². The number of carbonyl (C=O) groups excluding carboxylic acids is 1. The van der Waals surface area contributed by atoms with Gasteiger partial charge in [-0.25, -0.2) is 0 Å². The molecule has 0 aromatic heterocycles. The van der Waals surface area contributed by atoms with Crippen molar-refractivity contribution in [3.63, 3.8) is 0 Å². The number of aliphatic hydroxyl groups is 1. The highest BCUT2D eigenvalue weighted by molar-refractivity contribution is 5.78. The standard InChI is InChI=1S/C13H23NO3/c15-12-5-3-10(4-6-12)8-14-13(16)11-2-1-7-17-9-11/h10-12,15H,1-9H2,(H,14,16). The van der Waals surface area contributed by atoms with Crippen molar-refractivity contribution in [2.24, 2.45) is 11.8 Å². The first-order valence-corrected chi connectivity index (χ1v) is 6.79. The number of nitrogens with one attached hydrogen (secondary N) is 1. The molecule has 1 unspecified atom stereocenters. The Kier molecular flexibility index (Phi) is 4.80. The van der Waals surface area contributed by atoms with E-state index in [0.717, 1.165) is 51.7 Å². The van der Waals surface area contributed by atoms with E-state index in [2.05, 4.69) is 5.32 Å². The van der Waals surface area contributed by atoms with E-state index in [1.54, 1.807) is 0 Å². The Hall–Kier alpha value is -0.610. The fourth-order valence-corrected chi connectivity index (χ4v) is 2.69. The molecule has 2 N–H and O–H groups in total. The second-order valence-corrected chi connectivity index (χ2v) is 5.33. The van der Waals surface area contributed by atoms with Gasteiger partial charge in [0.25, 0.3) is 0 Å². The molecule has 1 saturated carbocycles. The third kappa shape index (κ3) is 3.96. The average Bonchev–Trinajstić information content (AvgIpc) is 2.39. The summed E-state index contributed by atoms with van der Waals surface area (Å²) in [5.41, 5.74) is 0. The lowest BCUT2D eigenvalue weighted by Crippen LogP contribution is -2.38. The van der Waals surface area contributed by atoms with Gasteiger partial charge in [0.2, 0.25) is 5.91 Å². The Morgan fingerprint density at radius 2 is 2.00 bits per heavy atom. The SMILES string of the molecule is O=C(NCC1CCC(O)CC1)C1CCCOC1. The van der Waals surface area contributed by atoms with Crippen LogP contribution in [0.2, 0.25) is 0 Å². The van der Waals surface area contributed by atoms with E-state index in [4.69, 9.17) is 4.74 Å². The smallest absolute Gasteiger partial charge is 0.225 e. The molecule has 1 aliphatic heterocycles. The molecule has 0 aromatic rings. The molecule has 1 heterocycles. The number of amides is 1. The average molecular weight is 241 g/mol. The van der Waals surface area contributed by atoms with E-state index in [1.165, 1.54) is 0 Å². The van der Waals surface area contributed by atoms with Gasteiger partial charge in [-0.2, -0.15) is 0 Å². The molecule has 2 aliphatic rings. The van der Waals surface area contributed by atoms with Crippen LogP contribution < -0.4 is 5.32 Å². The van der Waals surface area contributed by atoms with Crippen LogP contribution in [0.3, 0.4) is 0 Å². The zero-order chi connectivity index (χ0) is 12.1. The number of hydrogen-bond acceptors (Lipinski definition) is 3. The van der Waals surface area contributed by atoms with Crippen LogP contribution in [-0.4, -0.2) is 36.9 Å². The topological polar surface area (TPSA) is 58.6 Å². The van der Waals surface area contributed by atoms with Crippen molar-refractivity contribution in [2.75, 3.05) is 19.8 Å². The van der Waals surface area contributed by atoms with Gasteiger partial charge in [0.05, 0.1) is 18.6 Å². The van der Waals surface area contributed by atoms with Crippen molar-refractivity contribution in [2.45, 2.75) is 44.6 Å². The minimum absolute atomic E-state index is 0.0536. The van der Waals surface area contributed by atoms with E-state index >= 15 is 0 Å². The van der Waals surface area contributed by atoms with Gasteiger partial charge in [0, 0.05) is 13.2 Å². The Balaban J connectivity index is 1.65. The third-order valence-corrected chi connectivity index (χ3v) is 3.91. The van der Waals surface area contributed by atoms with Crippen molar-refractivity contribution >= 4 is 5.91 Å². The normalized spacial score (nSPS) is 34.3. The zero-order valence-corrected chi connectivity index (χ0v) is 10.4. The quantitative estimate of drug-likeness (QED) is 0.777. The van der Waals surface area contributed by atoms with E-state index < -0.39 is 0 Å². The van der Waals surface area contributed by atoms with Crippen molar-refractivity contribution < 1.29 is 14.6 Å². The first-order valence-electron chi connectivity index (χ1n) is 6.79. The Labute approximate surface area is 103 Å². The van der Waals surface area contributed by atoms with Crippen molar-refractivity contribution in [3.05, 3.63) is 0 Å². The van der Waals surface area contributed by atoms with Gasteiger partial charge < -0.3 is 15.2 Å². The number of hydrogen-bond donors (Lipinski definition) is 2. The summed E-state index contributed by atoms with van der Waals surface area (Å²) in [6.45, 7) is 2.14. The molecule has 0 aromatic carbocycles. The van der Waals surface area contributed by atoms with Gasteiger partial charge in [-0.1, -0.05) is 0 Å². The lowest BCUT2D eigenvalue weighted by Gasteiger charge is -2.27. The van der Waals surface area contributed by atoms with Gasteiger partial charge in [0.15, 0.2) is 0 Å². The summed E-state index contributed by atoms with van der Waals surface area (Å²) < 4.78 is 5.32. The van der Waals surface area contributed by atoms with E-state index in [-0.39, 0.29) is 17.9 Å². The highest BCUT2D eigenvalue weighted by atomic mass is 16.5. The summed E-state index contributed by atoms with van der Waals surface area (Å²) in [5, 5.41) is 12.4. The van der Waals surface area contributed by atoms with Gasteiger partial charge in [-0.15, -0.1) is 0 Å². The number of aliphatic hydroxyl groups excluding tert-OH is 1. The van der Waals surface area contributed by atoms with Crippen LogP contribution in [0.1, 0.15) is 38.5 Å². The predicted molar refractivity (Wildman–Crippen MR) is 64.5 cm³/mol. The largest absolute Gasteiger partial charge is 0.393 e. The highest BCUT2D eigenvalue weighted by Gasteiger charge is 2.24. The molecule has 2 fully saturated rings. The lowest BCUT2D eigenvalue weighted by atomic mass is 9.87. The Morgan fingerprint density at radius 1 is 1.24 bits per heavy atom. The Morgan fingerprint density at radius 3 is 2.65 bits per heavy atom. The van der Waals surface area contributed by atoms with Crippen LogP contribution in [-0.2, 0) is 9.53 Å². The second-order valence-electron chi connectivity index (χ2n) is 5.33. The van der Waals surface area contributed by atoms with Gasteiger partial charge in [0.1, 0.15) is 0 Å². The lowest BCUT2D eigenvalue weighted by molar-refractivity contribution is -0.129. The molecular formula is C13H23NO3. The van der Waals surface area contributed by atoms with Crippen LogP contribution in [0.15, 0.2) is 0 Å². The number of rotatable bonds is 3. The maximum Gasteiger partial charge on any atom is 0.225 e. The molecule has 4 heteroatoms. The third-order valence-electron chi connectivity index (χ3n) is 3.91. The fraction of sp³-hybridized carbons (Fsp3) is 0.923. The van der Waals surface area contributed by atoms with Gasteiger partial charge in [-0.05, 0) is 44.4 Å². The zero-order valence-electron chi connectivity index (χ0n) is 10.4. The molecule has 1 saturated heterocycles. The maximum atomic E-state index is 11.9. The van der Waals surface area contributed by atoms with Crippen LogP contribution in [0, 0.1) is 11.8 Å². The summed E-state index contributed by atoms with van der Waals surface area (Å²) in [6.07, 6.45) is 5.66.